The fourth-order valence-electron chi connectivity index (χ4n) is 7.51. The third-order valence-corrected chi connectivity index (χ3v) is 9.32. The number of anilines is 1. The van der Waals surface area contributed by atoms with Crippen LogP contribution >= 0.6 is 0 Å². The van der Waals surface area contributed by atoms with Crippen LogP contribution < -0.4 is 4.90 Å². The molecule has 0 spiro atoms. The molecule has 0 radical (unpaired) electrons. The van der Waals surface area contributed by atoms with Crippen LogP contribution in [0.4, 0.5) is 11.4 Å². The Balaban J connectivity index is 1.14. The van der Waals surface area contributed by atoms with E-state index in [2.05, 4.69) is 50.9 Å². The van der Waals surface area contributed by atoms with Gasteiger partial charge in [-0.2, -0.15) is 0 Å². The van der Waals surface area contributed by atoms with Crippen molar-refractivity contribution in [2.75, 3.05) is 57.8 Å². The van der Waals surface area contributed by atoms with E-state index in [0.717, 1.165) is 24.4 Å². The van der Waals surface area contributed by atoms with E-state index >= 15 is 0 Å². The van der Waals surface area contributed by atoms with Crippen LogP contribution in [0.15, 0.2) is 29.3 Å². The first-order valence-electron chi connectivity index (χ1n) is 13.9. The molecule has 0 bridgehead atoms. The van der Waals surface area contributed by atoms with Crippen molar-refractivity contribution in [1.29, 1.82) is 0 Å². The number of para-hydroxylation sites is 2. The zero-order valence-electron chi connectivity index (χ0n) is 20.7. The maximum absolute atomic E-state index is 5.20. The highest BCUT2D eigenvalue weighted by molar-refractivity contribution is 5.94. The van der Waals surface area contributed by atoms with E-state index in [4.69, 9.17) is 4.99 Å². The molecule has 5 heteroatoms. The highest BCUT2D eigenvalue weighted by Gasteiger charge is 2.41. The fourth-order valence-corrected chi connectivity index (χ4v) is 7.51. The normalized spacial score (nSPS) is 30.6. The predicted octanol–water partition coefficient (Wildman–Crippen LogP) is 4.61. The lowest BCUT2D eigenvalue weighted by molar-refractivity contribution is 0.129. The molecular formula is C28H43N5. The van der Waals surface area contributed by atoms with Crippen molar-refractivity contribution in [3.05, 3.63) is 24.3 Å². The molecule has 2 unspecified atom stereocenters. The molecule has 6 rings (SSSR count). The Morgan fingerprint density at radius 1 is 0.758 bits per heavy atom. The number of benzene rings is 1. The summed E-state index contributed by atoms with van der Waals surface area (Å²) in [6, 6.07) is 10.4. The second kappa shape index (κ2) is 9.58. The molecule has 5 aliphatic rings. The number of fused-ring (bicyclic) bond motifs is 2. The molecule has 5 nitrogen and oxygen atoms in total. The summed E-state index contributed by atoms with van der Waals surface area (Å²) in [6.07, 6.45) is 12.7. The Morgan fingerprint density at radius 3 is 2.15 bits per heavy atom. The smallest absolute Gasteiger partial charge is 0.125 e. The lowest BCUT2D eigenvalue weighted by Gasteiger charge is -2.44. The van der Waals surface area contributed by atoms with E-state index in [1.165, 1.54) is 114 Å². The summed E-state index contributed by atoms with van der Waals surface area (Å²) in [7, 11) is 2.28. The molecule has 3 saturated heterocycles. The predicted molar refractivity (Wildman–Crippen MR) is 138 cm³/mol. The minimum absolute atomic E-state index is 0.648. The molecule has 1 saturated carbocycles. The van der Waals surface area contributed by atoms with Crippen molar-refractivity contribution in [1.82, 2.24) is 14.7 Å². The monoisotopic (exact) mass is 449 g/mol. The van der Waals surface area contributed by atoms with Gasteiger partial charge < -0.3 is 19.6 Å². The van der Waals surface area contributed by atoms with Crippen LogP contribution in [0.1, 0.15) is 57.8 Å². The molecule has 4 heterocycles. The Bertz CT molecular complexity index is 822. The second-order valence-electron chi connectivity index (χ2n) is 11.6. The maximum atomic E-state index is 5.20. The van der Waals surface area contributed by atoms with Gasteiger partial charge in [-0.05, 0) is 56.7 Å². The second-order valence-corrected chi connectivity index (χ2v) is 11.6. The van der Waals surface area contributed by atoms with E-state index in [1.807, 2.05) is 0 Å². The zero-order chi connectivity index (χ0) is 22.2. The van der Waals surface area contributed by atoms with E-state index in [0.29, 0.717) is 6.04 Å². The number of likely N-dealkylation sites (tertiary alicyclic amines) is 3. The first-order valence-corrected chi connectivity index (χ1v) is 13.9. The number of hydrogen-bond donors (Lipinski definition) is 0. The van der Waals surface area contributed by atoms with Crippen LogP contribution in [0.25, 0.3) is 0 Å². The van der Waals surface area contributed by atoms with Crippen molar-refractivity contribution in [2.24, 2.45) is 16.8 Å². The van der Waals surface area contributed by atoms with Gasteiger partial charge in [-0.3, -0.25) is 0 Å². The number of piperidine rings is 1. The van der Waals surface area contributed by atoms with Gasteiger partial charge in [0.25, 0.3) is 0 Å². The molecule has 0 aromatic heterocycles. The van der Waals surface area contributed by atoms with E-state index in [1.54, 1.807) is 0 Å². The van der Waals surface area contributed by atoms with Crippen molar-refractivity contribution >= 4 is 17.2 Å². The summed E-state index contributed by atoms with van der Waals surface area (Å²) in [5, 5.41) is 0. The van der Waals surface area contributed by atoms with Crippen molar-refractivity contribution in [3.63, 3.8) is 0 Å². The lowest BCUT2D eigenvalue weighted by atomic mass is 9.93. The number of aliphatic imine (C=N–C) groups is 1. The summed E-state index contributed by atoms with van der Waals surface area (Å²) in [5.41, 5.74) is 2.56. The molecule has 0 N–H and O–H groups in total. The van der Waals surface area contributed by atoms with E-state index in [9.17, 15) is 0 Å². The van der Waals surface area contributed by atoms with Gasteiger partial charge in [0.2, 0.25) is 0 Å². The number of hydrogen-bond acceptors (Lipinski definition) is 5. The van der Waals surface area contributed by atoms with Gasteiger partial charge in [-0.1, -0.05) is 44.2 Å². The molecule has 1 aromatic carbocycles. The van der Waals surface area contributed by atoms with Crippen LogP contribution in [-0.4, -0.2) is 85.5 Å². The molecular weight excluding hydrogens is 406 g/mol. The topological polar surface area (TPSA) is 25.3 Å². The highest BCUT2D eigenvalue weighted by atomic mass is 15.3. The lowest BCUT2D eigenvalue weighted by Crippen LogP contribution is -2.52. The Hall–Kier alpha value is -1.59. The van der Waals surface area contributed by atoms with Crippen LogP contribution in [0.3, 0.4) is 0 Å². The van der Waals surface area contributed by atoms with Gasteiger partial charge in [0.15, 0.2) is 0 Å². The third-order valence-electron chi connectivity index (χ3n) is 9.32. The summed E-state index contributed by atoms with van der Waals surface area (Å²) in [4.78, 5) is 15.9. The van der Waals surface area contributed by atoms with Crippen LogP contribution in [0, 0.1) is 11.8 Å². The van der Waals surface area contributed by atoms with Crippen molar-refractivity contribution < 1.29 is 0 Å². The Labute approximate surface area is 200 Å². The van der Waals surface area contributed by atoms with Crippen LogP contribution in [0.5, 0.6) is 0 Å². The van der Waals surface area contributed by atoms with Gasteiger partial charge >= 0.3 is 0 Å². The summed E-state index contributed by atoms with van der Waals surface area (Å²) < 4.78 is 0. The van der Waals surface area contributed by atoms with Gasteiger partial charge in [0.05, 0.1) is 17.9 Å². The molecule has 33 heavy (non-hydrogen) atoms. The number of amidine groups is 1. The van der Waals surface area contributed by atoms with E-state index < -0.39 is 0 Å². The summed E-state index contributed by atoms with van der Waals surface area (Å²) in [6.45, 7) is 8.47. The summed E-state index contributed by atoms with van der Waals surface area (Å²) in [5.74, 6) is 2.99. The average molecular weight is 450 g/mol. The minimum atomic E-state index is 0.648. The van der Waals surface area contributed by atoms with Gasteiger partial charge in [0, 0.05) is 51.4 Å². The van der Waals surface area contributed by atoms with Gasteiger partial charge in [-0.15, -0.1) is 0 Å². The average Bonchev–Trinajstić information content (AvgIpc) is 3.36. The highest BCUT2D eigenvalue weighted by Crippen LogP contribution is 2.38. The summed E-state index contributed by atoms with van der Waals surface area (Å²) >= 11 is 0. The number of rotatable bonds is 2. The first-order chi connectivity index (χ1) is 16.2. The fraction of sp³-hybridized carbons (Fsp3) is 0.750. The standard InChI is InChI=1S/C28H43N5/c1-30-17-22-19-32(20-23(22)18-30)28-21-33(27-12-8-7-11-26(27)29-28)25-13-15-31(16-14-25)24-9-5-3-2-4-6-10-24/h7-8,11-12,22-25H,2-6,9-10,13-21H2,1H3. The first kappa shape index (κ1) is 21.9. The molecule has 2 atom stereocenters. The largest absolute Gasteiger partial charge is 0.359 e. The Morgan fingerprint density at radius 2 is 1.42 bits per heavy atom. The molecule has 1 aliphatic carbocycles. The number of nitrogens with zero attached hydrogens (tertiary/aromatic N) is 5. The van der Waals surface area contributed by atoms with Gasteiger partial charge in [-0.25, -0.2) is 4.99 Å². The van der Waals surface area contributed by atoms with E-state index in [-0.39, 0.29) is 0 Å². The maximum Gasteiger partial charge on any atom is 0.125 e. The molecule has 0 amide bonds. The minimum Gasteiger partial charge on any atom is -0.359 e. The molecule has 180 valence electrons. The van der Waals surface area contributed by atoms with Crippen LogP contribution in [0.2, 0.25) is 0 Å². The van der Waals surface area contributed by atoms with Crippen molar-refractivity contribution in [2.45, 2.75) is 69.9 Å². The zero-order valence-corrected chi connectivity index (χ0v) is 20.7. The molecule has 4 fully saturated rings. The quantitative estimate of drug-likeness (QED) is 0.659. The SMILES string of the molecule is CN1CC2CN(C3=Nc4ccccc4N(C4CCN(C5CCCCCCC5)CC4)C3)CC2C1. The van der Waals surface area contributed by atoms with Crippen molar-refractivity contribution in [3.8, 4) is 0 Å². The third kappa shape index (κ3) is 4.55. The molecule has 4 aliphatic heterocycles. The van der Waals surface area contributed by atoms with Gasteiger partial charge in [0.1, 0.15) is 5.84 Å². The Kier molecular flexibility index (Phi) is 6.36. The molecule has 1 aromatic rings. The van der Waals surface area contributed by atoms with Crippen LogP contribution in [-0.2, 0) is 0 Å².